The third-order valence-corrected chi connectivity index (χ3v) is 4.23. The van der Waals surface area contributed by atoms with Crippen LogP contribution in [0.4, 0.5) is 14.5 Å². The van der Waals surface area contributed by atoms with Crippen molar-refractivity contribution in [1.82, 2.24) is 4.98 Å². The molecule has 8 heteroatoms. The van der Waals surface area contributed by atoms with E-state index in [1.54, 1.807) is 13.8 Å². The van der Waals surface area contributed by atoms with Crippen LogP contribution in [-0.4, -0.2) is 30.1 Å². The number of nitrogens with one attached hydrogen (secondary N) is 1. The van der Waals surface area contributed by atoms with E-state index in [1.807, 2.05) is 24.3 Å². The number of esters is 1. The largest absolute Gasteiger partial charge is 0.452 e. The lowest BCUT2D eigenvalue weighted by Crippen LogP contribution is -2.22. The highest BCUT2D eigenvalue weighted by Gasteiger charge is 2.18. The normalized spacial score (nSPS) is 10.8. The number of pyridine rings is 1. The van der Waals surface area contributed by atoms with Gasteiger partial charge in [0.25, 0.3) is 5.91 Å². The molecule has 6 nitrogen and oxygen atoms in total. The van der Waals surface area contributed by atoms with E-state index in [0.717, 1.165) is 16.5 Å². The number of ether oxygens (including phenoxy) is 2. The Balaban J connectivity index is 1.63. The first-order valence-electron chi connectivity index (χ1n) is 8.73. The Bertz CT molecular complexity index is 1050. The summed E-state index contributed by atoms with van der Waals surface area (Å²) in [6.45, 7) is 0.0849. The molecular weight excluding hydrogens is 382 g/mol. The molecule has 29 heavy (non-hydrogen) atoms. The van der Waals surface area contributed by atoms with Gasteiger partial charge in [-0.25, -0.2) is 4.79 Å². The van der Waals surface area contributed by atoms with Gasteiger partial charge in [0.15, 0.2) is 6.61 Å². The third-order valence-electron chi connectivity index (χ3n) is 4.23. The van der Waals surface area contributed by atoms with Gasteiger partial charge in [0.1, 0.15) is 5.75 Å². The van der Waals surface area contributed by atoms with Gasteiger partial charge >= 0.3 is 12.6 Å². The number of nitrogens with zero attached hydrogens (tertiary/aromatic N) is 1. The molecule has 0 saturated heterocycles. The van der Waals surface area contributed by atoms with Gasteiger partial charge in [0, 0.05) is 11.1 Å². The maximum Gasteiger partial charge on any atom is 0.387 e. The van der Waals surface area contributed by atoms with Crippen LogP contribution in [0.15, 0.2) is 48.5 Å². The number of para-hydroxylation sites is 1. The van der Waals surface area contributed by atoms with Gasteiger partial charge in [-0.05, 0) is 49.7 Å². The van der Waals surface area contributed by atoms with Crippen molar-refractivity contribution < 1.29 is 27.8 Å². The standard InChI is InChI=1S/C21H18F2N2O4/c1-12-16-5-3-4-6-17(16)24-13(2)19(12)20(27)28-11-18(26)25-14-7-9-15(10-8-14)29-21(22)23/h3-10,21H,11H2,1-2H3,(H,25,26). The van der Waals surface area contributed by atoms with Crippen LogP contribution in [0.5, 0.6) is 5.75 Å². The monoisotopic (exact) mass is 400 g/mol. The van der Waals surface area contributed by atoms with E-state index in [-0.39, 0.29) is 5.75 Å². The van der Waals surface area contributed by atoms with Crippen LogP contribution in [0.3, 0.4) is 0 Å². The lowest BCUT2D eigenvalue weighted by atomic mass is 10.0. The average Bonchev–Trinajstić information content (AvgIpc) is 2.67. The molecule has 0 aliphatic rings. The smallest absolute Gasteiger partial charge is 0.387 e. The van der Waals surface area contributed by atoms with Crippen LogP contribution in [0, 0.1) is 13.8 Å². The number of amides is 1. The number of aryl methyl sites for hydroxylation is 2. The number of rotatable bonds is 6. The van der Waals surface area contributed by atoms with Gasteiger partial charge in [0.05, 0.1) is 16.8 Å². The van der Waals surface area contributed by atoms with Crippen molar-refractivity contribution in [3.05, 3.63) is 65.4 Å². The second kappa shape index (κ2) is 8.64. The predicted molar refractivity (Wildman–Crippen MR) is 103 cm³/mol. The number of carbonyl (C=O) groups is 2. The molecule has 0 aliphatic carbocycles. The Morgan fingerprint density at radius 3 is 2.45 bits per heavy atom. The van der Waals surface area contributed by atoms with Crippen molar-refractivity contribution in [2.45, 2.75) is 20.5 Å². The van der Waals surface area contributed by atoms with Crippen LogP contribution in [-0.2, 0) is 9.53 Å². The van der Waals surface area contributed by atoms with Crippen molar-refractivity contribution in [2.24, 2.45) is 0 Å². The zero-order chi connectivity index (χ0) is 21.0. The molecule has 150 valence electrons. The van der Waals surface area contributed by atoms with Crippen molar-refractivity contribution in [1.29, 1.82) is 0 Å². The maximum absolute atomic E-state index is 12.5. The number of benzene rings is 2. The van der Waals surface area contributed by atoms with E-state index in [0.29, 0.717) is 16.9 Å². The first-order chi connectivity index (χ1) is 13.8. The van der Waals surface area contributed by atoms with Crippen molar-refractivity contribution in [2.75, 3.05) is 11.9 Å². The van der Waals surface area contributed by atoms with E-state index >= 15 is 0 Å². The van der Waals surface area contributed by atoms with Crippen LogP contribution in [0.1, 0.15) is 21.6 Å². The molecule has 0 aliphatic heterocycles. The summed E-state index contributed by atoms with van der Waals surface area (Å²) in [5, 5.41) is 3.35. The molecule has 0 spiro atoms. The Morgan fingerprint density at radius 1 is 1.07 bits per heavy atom. The van der Waals surface area contributed by atoms with Gasteiger partial charge in [-0.1, -0.05) is 18.2 Å². The van der Waals surface area contributed by atoms with Crippen LogP contribution in [0.25, 0.3) is 10.9 Å². The zero-order valence-electron chi connectivity index (χ0n) is 15.7. The summed E-state index contributed by atoms with van der Waals surface area (Å²) in [4.78, 5) is 29.0. The van der Waals surface area contributed by atoms with Gasteiger partial charge in [0.2, 0.25) is 0 Å². The first-order valence-corrected chi connectivity index (χ1v) is 8.73. The van der Waals surface area contributed by atoms with Gasteiger partial charge < -0.3 is 14.8 Å². The summed E-state index contributed by atoms with van der Waals surface area (Å²) < 4.78 is 33.7. The highest BCUT2D eigenvalue weighted by Crippen LogP contribution is 2.23. The molecule has 0 atom stereocenters. The zero-order valence-corrected chi connectivity index (χ0v) is 15.7. The molecule has 1 N–H and O–H groups in total. The fourth-order valence-electron chi connectivity index (χ4n) is 2.95. The van der Waals surface area contributed by atoms with Crippen LogP contribution >= 0.6 is 0 Å². The lowest BCUT2D eigenvalue weighted by molar-refractivity contribution is -0.119. The second-order valence-corrected chi connectivity index (χ2v) is 6.24. The van der Waals surface area contributed by atoms with Gasteiger partial charge in [-0.15, -0.1) is 0 Å². The van der Waals surface area contributed by atoms with Crippen molar-refractivity contribution in [3.8, 4) is 5.75 Å². The Hall–Kier alpha value is -3.55. The number of anilines is 1. The summed E-state index contributed by atoms with van der Waals surface area (Å²) in [6, 6.07) is 12.8. The van der Waals surface area contributed by atoms with Gasteiger partial charge in [-0.2, -0.15) is 8.78 Å². The summed E-state index contributed by atoms with van der Waals surface area (Å²) >= 11 is 0. The molecule has 3 aromatic rings. The van der Waals surface area contributed by atoms with E-state index in [9.17, 15) is 18.4 Å². The minimum Gasteiger partial charge on any atom is -0.452 e. The number of alkyl halides is 2. The number of hydrogen-bond donors (Lipinski definition) is 1. The molecule has 0 bridgehead atoms. The SMILES string of the molecule is Cc1nc2ccccc2c(C)c1C(=O)OCC(=O)Nc1ccc(OC(F)F)cc1. The Morgan fingerprint density at radius 2 is 1.76 bits per heavy atom. The highest BCUT2D eigenvalue weighted by atomic mass is 19.3. The van der Waals surface area contributed by atoms with Gasteiger partial charge in [-0.3, -0.25) is 9.78 Å². The first kappa shape index (κ1) is 20.2. The molecule has 0 fully saturated rings. The van der Waals surface area contributed by atoms with E-state index in [4.69, 9.17) is 4.74 Å². The molecule has 0 unspecified atom stereocenters. The number of fused-ring (bicyclic) bond motifs is 1. The third kappa shape index (κ3) is 4.84. The molecule has 2 aromatic carbocycles. The molecule has 0 saturated carbocycles. The topological polar surface area (TPSA) is 77.5 Å². The van der Waals surface area contributed by atoms with Crippen LogP contribution in [0.2, 0.25) is 0 Å². The minimum absolute atomic E-state index is 0.0285. The highest BCUT2D eigenvalue weighted by molar-refractivity contribution is 6.00. The summed E-state index contributed by atoms with van der Waals surface area (Å²) in [5.74, 6) is -1.24. The Kier molecular flexibility index (Phi) is 6.01. The average molecular weight is 400 g/mol. The van der Waals surface area contributed by atoms with Crippen LogP contribution < -0.4 is 10.1 Å². The number of carbonyl (C=O) groups excluding carboxylic acids is 2. The fourth-order valence-corrected chi connectivity index (χ4v) is 2.95. The van der Waals surface area contributed by atoms with E-state index in [1.165, 1.54) is 24.3 Å². The number of aromatic nitrogens is 1. The van der Waals surface area contributed by atoms with Crippen molar-refractivity contribution >= 4 is 28.5 Å². The van der Waals surface area contributed by atoms with E-state index in [2.05, 4.69) is 15.0 Å². The molecule has 1 amide bonds. The fraction of sp³-hybridized carbons (Fsp3) is 0.190. The molecule has 0 radical (unpaired) electrons. The summed E-state index contributed by atoms with van der Waals surface area (Å²) in [6.07, 6.45) is 0. The molecular formula is C21H18F2N2O4. The minimum atomic E-state index is -2.92. The maximum atomic E-state index is 12.5. The molecule has 3 rings (SSSR count). The predicted octanol–water partition coefficient (Wildman–Crippen LogP) is 4.25. The lowest BCUT2D eigenvalue weighted by Gasteiger charge is -2.12. The number of hydrogen-bond acceptors (Lipinski definition) is 5. The molecule has 1 aromatic heterocycles. The summed E-state index contributed by atoms with van der Waals surface area (Å²) in [5.41, 5.74) is 2.70. The number of halogens is 2. The Labute approximate surface area is 165 Å². The molecule has 1 heterocycles. The van der Waals surface area contributed by atoms with Crippen molar-refractivity contribution in [3.63, 3.8) is 0 Å². The second-order valence-electron chi connectivity index (χ2n) is 6.24. The summed E-state index contributed by atoms with van der Waals surface area (Å²) in [7, 11) is 0. The quantitative estimate of drug-likeness (QED) is 0.626. The van der Waals surface area contributed by atoms with E-state index < -0.39 is 25.1 Å².